The summed E-state index contributed by atoms with van der Waals surface area (Å²) in [7, 11) is 0. The number of nitrogens with zero attached hydrogens (tertiary/aromatic N) is 1. The summed E-state index contributed by atoms with van der Waals surface area (Å²) in [6.07, 6.45) is -12.5. The van der Waals surface area contributed by atoms with Gasteiger partial charge in [-0.25, -0.2) is 4.79 Å². The van der Waals surface area contributed by atoms with Crippen molar-refractivity contribution < 1.29 is 68.5 Å². The first-order valence-corrected chi connectivity index (χ1v) is 15.0. The van der Waals surface area contributed by atoms with Crippen LogP contribution in [0.15, 0.2) is 30.3 Å². The van der Waals surface area contributed by atoms with Crippen molar-refractivity contribution in [3.8, 4) is 0 Å². The molecule has 0 bridgehead atoms. The number of benzene rings is 1. The monoisotopic (exact) mass is 668 g/mol. The lowest BCUT2D eigenvalue weighted by molar-refractivity contribution is -0.315. The van der Waals surface area contributed by atoms with Crippen molar-refractivity contribution in [1.82, 2.24) is 20.9 Å². The predicted molar refractivity (Wildman–Crippen MR) is 155 cm³/mol. The second kappa shape index (κ2) is 15.4. The van der Waals surface area contributed by atoms with Gasteiger partial charge < -0.3 is 65.3 Å². The SMILES string of the molecule is CCOC(=O)[C@@H]1[C@@H](C(=O)N[C@@H]2O[C@H](CO)[C@@H](O[C@@H]3O[C@H](CO)[C@@H](O)[C@H](O)[C@H]3NC(C)=O)[C@H](O)[C@H]2NC(C)=O)N1C(=O)c1ccccc1. The third-order valence-corrected chi connectivity index (χ3v) is 7.96. The van der Waals surface area contributed by atoms with E-state index in [0.29, 0.717) is 0 Å². The summed E-state index contributed by atoms with van der Waals surface area (Å²) >= 11 is 0. The van der Waals surface area contributed by atoms with Crippen molar-refractivity contribution in [2.24, 2.45) is 0 Å². The highest BCUT2D eigenvalue weighted by Crippen LogP contribution is 2.34. The molecular weight excluding hydrogens is 628 g/mol. The van der Waals surface area contributed by atoms with Crippen molar-refractivity contribution in [3.05, 3.63) is 35.9 Å². The van der Waals surface area contributed by atoms with Crippen molar-refractivity contribution in [1.29, 1.82) is 0 Å². The molecule has 3 aliphatic heterocycles. The van der Waals surface area contributed by atoms with Crippen molar-refractivity contribution >= 4 is 29.6 Å². The summed E-state index contributed by atoms with van der Waals surface area (Å²) in [5.41, 5.74) is 0.210. The van der Waals surface area contributed by atoms with Crippen LogP contribution in [0, 0.1) is 0 Å². The number of esters is 1. The highest BCUT2D eigenvalue weighted by Gasteiger charge is 2.62. The van der Waals surface area contributed by atoms with Crippen LogP contribution in [-0.4, -0.2) is 153 Å². The first kappa shape index (κ1) is 36.1. The highest BCUT2D eigenvalue weighted by atomic mass is 16.7. The lowest BCUT2D eigenvalue weighted by Gasteiger charge is -2.48. The van der Waals surface area contributed by atoms with Gasteiger partial charge in [0.1, 0.15) is 54.7 Å². The van der Waals surface area contributed by atoms with Crippen molar-refractivity contribution in [3.63, 3.8) is 0 Å². The summed E-state index contributed by atoms with van der Waals surface area (Å²) in [5, 5.41) is 59.5. The Morgan fingerprint density at radius 1 is 0.809 bits per heavy atom. The molecule has 8 N–H and O–H groups in total. The van der Waals surface area contributed by atoms with Gasteiger partial charge in [0, 0.05) is 19.4 Å². The molecule has 0 spiro atoms. The molecule has 0 aliphatic carbocycles. The van der Waals surface area contributed by atoms with Crippen LogP contribution >= 0.6 is 0 Å². The normalized spacial score (nSPS) is 34.9. The minimum Gasteiger partial charge on any atom is -0.464 e. The lowest BCUT2D eigenvalue weighted by atomic mass is 9.94. The fourth-order valence-electron chi connectivity index (χ4n) is 5.71. The van der Waals surface area contributed by atoms with Gasteiger partial charge in [-0.1, -0.05) is 18.2 Å². The van der Waals surface area contributed by atoms with Gasteiger partial charge in [0.05, 0.1) is 19.8 Å². The van der Waals surface area contributed by atoms with Gasteiger partial charge >= 0.3 is 5.97 Å². The zero-order chi connectivity index (χ0) is 34.6. The molecule has 4 rings (SSSR count). The smallest absolute Gasteiger partial charge is 0.331 e. The number of carbonyl (C=O) groups excluding carboxylic acids is 5. The first-order valence-electron chi connectivity index (χ1n) is 15.0. The fraction of sp³-hybridized carbons (Fsp3) is 0.621. The molecule has 12 atom stereocenters. The highest BCUT2D eigenvalue weighted by molar-refractivity contribution is 6.07. The number of rotatable bonds is 11. The Labute approximate surface area is 268 Å². The van der Waals surface area contributed by atoms with Crippen LogP contribution in [0.5, 0.6) is 0 Å². The maximum atomic E-state index is 13.5. The number of nitrogens with one attached hydrogen (secondary N) is 3. The van der Waals surface area contributed by atoms with E-state index in [2.05, 4.69) is 16.0 Å². The van der Waals surface area contributed by atoms with E-state index in [9.17, 15) is 49.5 Å². The molecule has 0 aromatic heterocycles. The quantitative estimate of drug-likeness (QED) is 0.0816. The number of aliphatic hydroxyl groups is 5. The van der Waals surface area contributed by atoms with E-state index >= 15 is 0 Å². The molecule has 0 saturated carbocycles. The van der Waals surface area contributed by atoms with E-state index in [1.165, 1.54) is 12.1 Å². The third kappa shape index (κ3) is 7.87. The Bertz CT molecular complexity index is 1300. The van der Waals surface area contributed by atoms with E-state index in [1.54, 1.807) is 25.1 Å². The third-order valence-electron chi connectivity index (χ3n) is 7.96. The number of carbonyl (C=O) groups is 5. The minimum atomic E-state index is -1.75. The van der Waals surface area contributed by atoms with Crippen molar-refractivity contribution in [2.75, 3.05) is 19.8 Å². The maximum Gasteiger partial charge on any atom is 0.331 e. The van der Waals surface area contributed by atoms with Crippen LogP contribution in [0.25, 0.3) is 0 Å². The van der Waals surface area contributed by atoms with E-state index in [4.69, 9.17) is 18.9 Å². The summed E-state index contributed by atoms with van der Waals surface area (Å²) < 4.78 is 22.3. The molecular formula is C29H40N4O14. The van der Waals surface area contributed by atoms with Crippen LogP contribution in [0.2, 0.25) is 0 Å². The topological polar surface area (TPSA) is 263 Å². The molecule has 18 nitrogen and oxygen atoms in total. The fourth-order valence-corrected chi connectivity index (χ4v) is 5.71. The predicted octanol–water partition coefficient (Wildman–Crippen LogP) is -4.53. The second-order valence-electron chi connectivity index (χ2n) is 11.3. The maximum absolute atomic E-state index is 13.5. The van der Waals surface area contributed by atoms with Crippen LogP contribution in [0.1, 0.15) is 31.1 Å². The largest absolute Gasteiger partial charge is 0.464 e. The van der Waals surface area contributed by atoms with E-state index in [1.807, 2.05) is 0 Å². The molecule has 47 heavy (non-hydrogen) atoms. The molecule has 3 aliphatic rings. The van der Waals surface area contributed by atoms with E-state index < -0.39 is 116 Å². The molecule has 0 unspecified atom stereocenters. The molecule has 1 aromatic rings. The zero-order valence-electron chi connectivity index (χ0n) is 25.8. The molecule has 3 heterocycles. The molecule has 3 fully saturated rings. The van der Waals surface area contributed by atoms with Crippen LogP contribution < -0.4 is 16.0 Å². The Balaban J connectivity index is 1.56. The zero-order valence-corrected chi connectivity index (χ0v) is 25.8. The molecule has 0 radical (unpaired) electrons. The second-order valence-corrected chi connectivity index (χ2v) is 11.3. The summed E-state index contributed by atoms with van der Waals surface area (Å²) in [6, 6.07) is 2.46. The van der Waals surface area contributed by atoms with Gasteiger partial charge in [-0.05, 0) is 19.1 Å². The van der Waals surface area contributed by atoms with Crippen LogP contribution in [0.4, 0.5) is 0 Å². The Hall–Kier alpha value is -3.75. The van der Waals surface area contributed by atoms with Crippen LogP contribution in [-0.2, 0) is 38.1 Å². The first-order chi connectivity index (χ1) is 22.3. The molecule has 18 heteroatoms. The van der Waals surface area contributed by atoms with Gasteiger partial charge in [-0.3, -0.25) is 19.2 Å². The number of hydrogen-bond acceptors (Lipinski definition) is 14. The van der Waals surface area contributed by atoms with Gasteiger partial charge in [0.2, 0.25) is 17.7 Å². The minimum absolute atomic E-state index is 0.0122. The Morgan fingerprint density at radius 3 is 2.00 bits per heavy atom. The number of ether oxygens (including phenoxy) is 4. The molecule has 4 amide bonds. The number of amides is 4. The molecule has 260 valence electrons. The summed E-state index contributed by atoms with van der Waals surface area (Å²) in [4.78, 5) is 64.4. The lowest BCUT2D eigenvalue weighted by Crippen LogP contribution is -2.71. The van der Waals surface area contributed by atoms with Gasteiger partial charge in [0.25, 0.3) is 5.91 Å². The van der Waals surface area contributed by atoms with Crippen LogP contribution in [0.3, 0.4) is 0 Å². The van der Waals surface area contributed by atoms with E-state index in [0.717, 1.165) is 18.7 Å². The standard InChI is InChI=1S/C29H40N4O14/c1-4-44-28(43)20-19(33(20)27(42)14-8-6-5-7-9-14)25(41)32-26-17(30-12(2)36)23(40)24(16(11-35)45-26)47-29-18(31-13(3)37)22(39)21(38)15(10-34)46-29/h5-9,15-24,26,29,34-35,38-40H,4,10-11H2,1-3H3,(H,30,36)(H,31,37)(H,32,41)/t15-,16-,17-,18-,19+,20+,21-,22-,23-,24-,26-,29+,33?/m1/s1. The van der Waals surface area contributed by atoms with Gasteiger partial charge in [-0.2, -0.15) is 0 Å². The average molecular weight is 669 g/mol. The average Bonchev–Trinajstić information content (AvgIpc) is 3.79. The number of hydrogen-bond donors (Lipinski definition) is 8. The Kier molecular flexibility index (Phi) is 11.9. The van der Waals surface area contributed by atoms with E-state index in [-0.39, 0.29) is 12.2 Å². The molecule has 1 aromatic carbocycles. The molecule has 3 saturated heterocycles. The van der Waals surface area contributed by atoms with Crippen molar-refractivity contribution in [2.45, 2.75) is 94.1 Å². The van der Waals surface area contributed by atoms with Gasteiger partial charge in [-0.15, -0.1) is 0 Å². The summed E-state index contributed by atoms with van der Waals surface area (Å²) in [5.74, 6) is -3.64. The Morgan fingerprint density at radius 2 is 1.43 bits per heavy atom. The van der Waals surface area contributed by atoms with Gasteiger partial charge in [0.15, 0.2) is 18.6 Å². The number of aliphatic hydroxyl groups excluding tert-OH is 5. The summed E-state index contributed by atoms with van der Waals surface area (Å²) in [6.45, 7) is 2.23.